The third kappa shape index (κ3) is 4.45. The molecule has 2 rings (SSSR count). The van der Waals surface area contributed by atoms with Crippen molar-refractivity contribution in [2.24, 2.45) is 0 Å². The van der Waals surface area contributed by atoms with Gasteiger partial charge in [0.15, 0.2) is 0 Å². The average molecular weight is 303 g/mol. The van der Waals surface area contributed by atoms with E-state index in [4.69, 9.17) is 11.6 Å². The second kappa shape index (κ2) is 5.79. The Morgan fingerprint density at radius 3 is 2.84 bits per heavy atom. The molecular formula is C13H19ClN2O2S. The molecule has 106 valence electrons. The molecule has 4 nitrogen and oxygen atoms in total. The Bertz CT molecular complexity index is 560. The lowest BCUT2D eigenvalue weighted by atomic mass is 10.1. The zero-order chi connectivity index (χ0) is 14.0. The maximum Gasteiger partial charge on any atom is 0.208 e. The number of hydrogen-bond donors (Lipinski definition) is 1. The molecule has 1 N–H and O–H groups in total. The summed E-state index contributed by atoms with van der Waals surface area (Å²) in [7, 11) is -3.11. The van der Waals surface area contributed by atoms with Gasteiger partial charge >= 0.3 is 0 Å². The summed E-state index contributed by atoms with van der Waals surface area (Å²) in [6.45, 7) is 4.55. The fourth-order valence-electron chi connectivity index (χ4n) is 2.45. The normalized spacial score (nSPS) is 20.9. The molecule has 0 bridgehead atoms. The largest absolute Gasteiger partial charge is 0.297 e. The molecule has 0 aliphatic carbocycles. The van der Waals surface area contributed by atoms with Crippen LogP contribution < -0.4 is 4.72 Å². The number of rotatable bonds is 4. The molecule has 0 spiro atoms. The van der Waals surface area contributed by atoms with Crippen molar-refractivity contribution in [3.63, 3.8) is 0 Å². The number of hydrogen-bond acceptors (Lipinski definition) is 3. The first-order valence-corrected chi connectivity index (χ1v) is 8.55. The van der Waals surface area contributed by atoms with E-state index in [2.05, 4.69) is 9.62 Å². The highest BCUT2D eigenvalue weighted by Gasteiger charge is 2.24. The number of halogens is 1. The Labute approximate surface area is 119 Å². The summed E-state index contributed by atoms with van der Waals surface area (Å²) in [4.78, 5) is 2.26. The summed E-state index contributed by atoms with van der Waals surface area (Å²) in [5.41, 5.74) is 2.41. The molecule has 1 aliphatic heterocycles. The predicted molar refractivity (Wildman–Crippen MR) is 77.9 cm³/mol. The highest BCUT2D eigenvalue weighted by Crippen LogP contribution is 2.19. The minimum Gasteiger partial charge on any atom is -0.297 e. The van der Waals surface area contributed by atoms with E-state index in [1.165, 1.54) is 17.4 Å². The van der Waals surface area contributed by atoms with Gasteiger partial charge in [0.1, 0.15) is 0 Å². The first-order chi connectivity index (χ1) is 8.83. The van der Waals surface area contributed by atoms with Crippen LogP contribution in [0.1, 0.15) is 17.5 Å². The van der Waals surface area contributed by atoms with Gasteiger partial charge in [0, 0.05) is 30.7 Å². The van der Waals surface area contributed by atoms with Crippen LogP contribution in [0.25, 0.3) is 0 Å². The lowest BCUT2D eigenvalue weighted by molar-refractivity contribution is 0.324. The summed E-state index contributed by atoms with van der Waals surface area (Å²) in [6, 6.07) is 5.92. The Hall–Kier alpha value is -0.620. The van der Waals surface area contributed by atoms with E-state index in [0.717, 1.165) is 31.1 Å². The molecule has 1 saturated heterocycles. The molecule has 0 radical (unpaired) electrons. The summed E-state index contributed by atoms with van der Waals surface area (Å²) >= 11 is 5.94. The second-order valence-corrected chi connectivity index (χ2v) is 7.40. The summed E-state index contributed by atoms with van der Waals surface area (Å²) in [5, 5.41) is 0.749. The van der Waals surface area contributed by atoms with Crippen molar-refractivity contribution >= 4 is 21.6 Å². The number of nitrogens with one attached hydrogen (secondary N) is 1. The molecule has 0 amide bonds. The summed E-state index contributed by atoms with van der Waals surface area (Å²) in [5.74, 6) is 0. The third-order valence-electron chi connectivity index (χ3n) is 3.35. The highest BCUT2D eigenvalue weighted by atomic mass is 35.5. The van der Waals surface area contributed by atoms with Crippen molar-refractivity contribution in [2.75, 3.05) is 19.3 Å². The van der Waals surface area contributed by atoms with Crippen LogP contribution in [0.4, 0.5) is 0 Å². The quantitative estimate of drug-likeness (QED) is 0.922. The maximum atomic E-state index is 11.2. The van der Waals surface area contributed by atoms with Gasteiger partial charge in [-0.15, -0.1) is 0 Å². The van der Waals surface area contributed by atoms with Gasteiger partial charge < -0.3 is 0 Å². The molecule has 1 heterocycles. The van der Waals surface area contributed by atoms with Gasteiger partial charge in [-0.3, -0.25) is 4.90 Å². The Balaban J connectivity index is 1.95. The van der Waals surface area contributed by atoms with E-state index in [1.807, 2.05) is 25.1 Å². The molecule has 0 saturated carbocycles. The van der Waals surface area contributed by atoms with Gasteiger partial charge in [0.25, 0.3) is 0 Å². The molecule has 0 aromatic heterocycles. The monoisotopic (exact) mass is 302 g/mol. The first-order valence-electron chi connectivity index (χ1n) is 6.28. The van der Waals surface area contributed by atoms with Crippen LogP contribution >= 0.6 is 11.6 Å². The van der Waals surface area contributed by atoms with Crippen LogP contribution in [-0.2, 0) is 16.6 Å². The third-order valence-corrected chi connectivity index (χ3v) is 4.35. The van der Waals surface area contributed by atoms with Crippen molar-refractivity contribution in [2.45, 2.75) is 25.9 Å². The summed E-state index contributed by atoms with van der Waals surface area (Å²) in [6.07, 6.45) is 2.07. The average Bonchev–Trinajstić information content (AvgIpc) is 2.67. The Morgan fingerprint density at radius 1 is 1.47 bits per heavy atom. The van der Waals surface area contributed by atoms with Crippen molar-refractivity contribution < 1.29 is 8.42 Å². The number of nitrogens with zero attached hydrogens (tertiary/aromatic N) is 1. The second-order valence-electron chi connectivity index (χ2n) is 5.18. The number of likely N-dealkylation sites (tertiary alicyclic amines) is 1. The molecule has 1 aliphatic rings. The molecule has 1 fully saturated rings. The van der Waals surface area contributed by atoms with E-state index in [-0.39, 0.29) is 6.04 Å². The molecule has 0 unspecified atom stereocenters. The lowest BCUT2D eigenvalue weighted by Crippen LogP contribution is -2.36. The van der Waals surface area contributed by atoms with Crippen molar-refractivity contribution in [1.29, 1.82) is 0 Å². The number of sulfonamides is 1. The van der Waals surface area contributed by atoms with E-state index >= 15 is 0 Å². The molecule has 19 heavy (non-hydrogen) atoms. The number of benzene rings is 1. The molecule has 6 heteroatoms. The standard InChI is InChI=1S/C13H19ClN2O2S/c1-10-7-12(14)4-3-11(10)8-16-6-5-13(9-16)15-19(2,17)18/h3-4,7,13,15H,5-6,8-9H2,1-2H3/t13-/m1/s1. The number of aryl methyl sites for hydroxylation is 1. The smallest absolute Gasteiger partial charge is 0.208 e. The topological polar surface area (TPSA) is 49.4 Å². The van der Waals surface area contributed by atoms with E-state index < -0.39 is 10.0 Å². The zero-order valence-corrected chi connectivity index (χ0v) is 12.8. The Kier molecular flexibility index (Phi) is 4.50. The molecular weight excluding hydrogens is 284 g/mol. The van der Waals surface area contributed by atoms with Gasteiger partial charge in [-0.05, 0) is 36.6 Å². The SMILES string of the molecule is Cc1cc(Cl)ccc1CN1CC[C@@H](NS(C)(=O)=O)C1. The van der Waals surface area contributed by atoms with Crippen LogP contribution in [-0.4, -0.2) is 38.7 Å². The van der Waals surface area contributed by atoms with Crippen molar-refractivity contribution in [3.8, 4) is 0 Å². The van der Waals surface area contributed by atoms with E-state index in [1.54, 1.807) is 0 Å². The van der Waals surface area contributed by atoms with Gasteiger partial charge in [0.05, 0.1) is 6.26 Å². The predicted octanol–water partition coefficient (Wildman–Crippen LogP) is 1.77. The zero-order valence-electron chi connectivity index (χ0n) is 11.2. The Morgan fingerprint density at radius 2 is 2.21 bits per heavy atom. The van der Waals surface area contributed by atoms with Gasteiger partial charge in [-0.1, -0.05) is 17.7 Å². The maximum absolute atomic E-state index is 11.2. The fraction of sp³-hybridized carbons (Fsp3) is 0.538. The van der Waals surface area contributed by atoms with E-state index in [9.17, 15) is 8.42 Å². The van der Waals surface area contributed by atoms with Gasteiger partial charge in [-0.25, -0.2) is 13.1 Å². The molecule has 1 aromatic rings. The highest BCUT2D eigenvalue weighted by molar-refractivity contribution is 7.88. The molecule has 1 aromatic carbocycles. The van der Waals surface area contributed by atoms with Crippen LogP contribution in [0.2, 0.25) is 5.02 Å². The van der Waals surface area contributed by atoms with Crippen LogP contribution in [0, 0.1) is 6.92 Å². The van der Waals surface area contributed by atoms with Crippen molar-refractivity contribution in [1.82, 2.24) is 9.62 Å². The van der Waals surface area contributed by atoms with Crippen LogP contribution in [0.3, 0.4) is 0 Å². The first kappa shape index (κ1) is 14.8. The van der Waals surface area contributed by atoms with Crippen molar-refractivity contribution in [3.05, 3.63) is 34.3 Å². The minimum atomic E-state index is -3.11. The molecule has 1 atom stereocenters. The van der Waals surface area contributed by atoms with Gasteiger partial charge in [-0.2, -0.15) is 0 Å². The fourth-order valence-corrected chi connectivity index (χ4v) is 3.48. The van der Waals surface area contributed by atoms with Crippen LogP contribution in [0.15, 0.2) is 18.2 Å². The van der Waals surface area contributed by atoms with E-state index in [0.29, 0.717) is 0 Å². The minimum absolute atomic E-state index is 0.0302. The van der Waals surface area contributed by atoms with Gasteiger partial charge in [0.2, 0.25) is 10.0 Å². The summed E-state index contributed by atoms with van der Waals surface area (Å²) < 4.78 is 25.1. The van der Waals surface area contributed by atoms with Crippen LogP contribution in [0.5, 0.6) is 0 Å². The lowest BCUT2D eigenvalue weighted by Gasteiger charge is -2.17.